The van der Waals surface area contributed by atoms with E-state index >= 15 is 0 Å². The van der Waals surface area contributed by atoms with E-state index in [1.54, 1.807) is 60.7 Å². The molecule has 4 nitrogen and oxygen atoms in total. The third-order valence-electron chi connectivity index (χ3n) is 4.59. The molecule has 0 spiro atoms. The maximum absolute atomic E-state index is 13.5. The van der Waals surface area contributed by atoms with Gasteiger partial charge in [0.2, 0.25) is 0 Å². The highest BCUT2D eigenvalue weighted by molar-refractivity contribution is 6.11. The highest BCUT2D eigenvalue weighted by Crippen LogP contribution is 2.40. The molecule has 1 unspecified atom stereocenters. The Morgan fingerprint density at radius 3 is 2.20 bits per heavy atom. The Hall–Kier alpha value is -3.32. The first-order chi connectivity index (χ1) is 14.4. The minimum absolute atomic E-state index is 0.0184. The number of nitrogens with zero attached hydrogens (tertiary/aromatic N) is 1. The Labute approximate surface area is 171 Å². The number of ether oxygens (including phenoxy) is 2. The fourth-order valence-corrected chi connectivity index (χ4v) is 3.02. The van der Waals surface area contributed by atoms with E-state index in [2.05, 4.69) is 0 Å². The lowest BCUT2D eigenvalue weighted by atomic mass is 10.1. The van der Waals surface area contributed by atoms with E-state index in [0.717, 1.165) is 6.07 Å². The molecule has 1 atom stereocenters. The molecule has 7 heteroatoms. The number of rotatable bonds is 6. The van der Waals surface area contributed by atoms with Gasteiger partial charge in [-0.3, -0.25) is 9.69 Å². The summed E-state index contributed by atoms with van der Waals surface area (Å²) < 4.78 is 50.9. The molecule has 3 aromatic rings. The van der Waals surface area contributed by atoms with Gasteiger partial charge in [0.05, 0.1) is 17.9 Å². The Balaban J connectivity index is 1.77. The number of epoxide rings is 1. The van der Waals surface area contributed by atoms with Crippen LogP contribution in [-0.4, -0.2) is 25.2 Å². The van der Waals surface area contributed by atoms with Crippen LogP contribution in [0.2, 0.25) is 0 Å². The van der Waals surface area contributed by atoms with Gasteiger partial charge in [0, 0.05) is 17.3 Å². The number of hydrogen-bond acceptors (Lipinski definition) is 3. The molecule has 1 amide bonds. The van der Waals surface area contributed by atoms with E-state index < -0.39 is 11.7 Å². The standard InChI is InChI=1S/C23H18F3NO3/c24-23(25,26)20-12-11-18(13-21(20)30-15-19-14-29-19)27(17-9-5-2-6-10-17)22(28)16-7-3-1-4-8-16/h1-13,19H,14-15H2. The summed E-state index contributed by atoms with van der Waals surface area (Å²) in [6.45, 7) is 0.480. The molecule has 4 rings (SSSR count). The van der Waals surface area contributed by atoms with Crippen LogP contribution in [-0.2, 0) is 10.9 Å². The van der Waals surface area contributed by atoms with Crippen LogP contribution in [0.4, 0.5) is 24.5 Å². The lowest BCUT2D eigenvalue weighted by Crippen LogP contribution is -2.26. The number of carbonyl (C=O) groups excluding carboxylic acids is 1. The maximum Gasteiger partial charge on any atom is 0.419 e. The first-order valence-electron chi connectivity index (χ1n) is 9.33. The van der Waals surface area contributed by atoms with Gasteiger partial charge in [0.1, 0.15) is 18.5 Å². The van der Waals surface area contributed by atoms with Gasteiger partial charge in [0.25, 0.3) is 5.91 Å². The summed E-state index contributed by atoms with van der Waals surface area (Å²) in [5, 5.41) is 0. The minimum atomic E-state index is -4.58. The van der Waals surface area contributed by atoms with Crippen LogP contribution in [0.25, 0.3) is 0 Å². The molecule has 0 aromatic heterocycles. The van der Waals surface area contributed by atoms with E-state index in [-0.39, 0.29) is 30.1 Å². The average molecular weight is 413 g/mol. The summed E-state index contributed by atoms with van der Waals surface area (Å²) >= 11 is 0. The second kappa shape index (κ2) is 8.20. The zero-order valence-corrected chi connectivity index (χ0v) is 15.8. The first-order valence-corrected chi connectivity index (χ1v) is 9.33. The van der Waals surface area contributed by atoms with Crippen LogP contribution >= 0.6 is 0 Å². The van der Waals surface area contributed by atoms with Gasteiger partial charge in [0.15, 0.2) is 0 Å². The van der Waals surface area contributed by atoms with Gasteiger partial charge < -0.3 is 9.47 Å². The molecule has 0 bridgehead atoms. The number of benzene rings is 3. The zero-order valence-electron chi connectivity index (χ0n) is 15.8. The fraction of sp³-hybridized carbons (Fsp3) is 0.174. The van der Waals surface area contributed by atoms with Gasteiger partial charge in [-0.1, -0.05) is 36.4 Å². The van der Waals surface area contributed by atoms with Crippen LogP contribution in [0.15, 0.2) is 78.9 Å². The van der Waals surface area contributed by atoms with E-state index in [0.29, 0.717) is 17.9 Å². The van der Waals surface area contributed by atoms with E-state index in [9.17, 15) is 18.0 Å². The molecule has 30 heavy (non-hydrogen) atoms. The maximum atomic E-state index is 13.5. The number of alkyl halides is 3. The van der Waals surface area contributed by atoms with E-state index in [1.165, 1.54) is 17.0 Å². The molecule has 1 heterocycles. The normalized spacial score (nSPS) is 15.5. The minimum Gasteiger partial charge on any atom is -0.490 e. The summed E-state index contributed by atoms with van der Waals surface area (Å²) in [7, 11) is 0. The Morgan fingerprint density at radius 1 is 0.967 bits per heavy atom. The third kappa shape index (κ3) is 4.46. The van der Waals surface area contributed by atoms with Gasteiger partial charge in [-0.15, -0.1) is 0 Å². The second-order valence-corrected chi connectivity index (χ2v) is 6.79. The van der Waals surface area contributed by atoms with Crippen molar-refractivity contribution in [3.8, 4) is 5.75 Å². The predicted octanol–water partition coefficient (Wildman–Crippen LogP) is 5.46. The fourth-order valence-electron chi connectivity index (χ4n) is 3.02. The summed E-state index contributed by atoms with van der Waals surface area (Å²) in [6, 6.07) is 20.8. The number of anilines is 2. The largest absolute Gasteiger partial charge is 0.490 e. The van der Waals surface area contributed by atoms with Crippen molar-refractivity contribution in [1.29, 1.82) is 0 Å². The molecule has 0 N–H and O–H groups in total. The molecule has 0 radical (unpaired) electrons. The van der Waals surface area contributed by atoms with Crippen molar-refractivity contribution >= 4 is 17.3 Å². The van der Waals surface area contributed by atoms with Gasteiger partial charge in [-0.05, 0) is 36.4 Å². The number of halogens is 3. The van der Waals surface area contributed by atoms with Crippen LogP contribution < -0.4 is 9.64 Å². The third-order valence-corrected chi connectivity index (χ3v) is 4.59. The zero-order chi connectivity index (χ0) is 21.1. The van der Waals surface area contributed by atoms with Crippen molar-refractivity contribution in [2.24, 2.45) is 0 Å². The summed E-state index contributed by atoms with van der Waals surface area (Å²) in [6.07, 6.45) is -4.79. The lowest BCUT2D eigenvalue weighted by molar-refractivity contribution is -0.139. The van der Waals surface area contributed by atoms with Crippen molar-refractivity contribution < 1.29 is 27.4 Å². The van der Waals surface area contributed by atoms with Crippen LogP contribution in [0, 0.1) is 0 Å². The van der Waals surface area contributed by atoms with Crippen LogP contribution in [0.5, 0.6) is 5.75 Å². The average Bonchev–Trinajstić information content (AvgIpc) is 3.58. The van der Waals surface area contributed by atoms with E-state index in [4.69, 9.17) is 9.47 Å². The van der Waals surface area contributed by atoms with Gasteiger partial charge in [-0.25, -0.2) is 0 Å². The Bertz CT molecular complexity index is 1020. The predicted molar refractivity (Wildman–Crippen MR) is 106 cm³/mol. The molecule has 0 saturated carbocycles. The number of carbonyl (C=O) groups is 1. The number of amides is 1. The second-order valence-electron chi connectivity index (χ2n) is 6.79. The molecule has 1 fully saturated rings. The van der Waals surface area contributed by atoms with Crippen molar-refractivity contribution in [3.63, 3.8) is 0 Å². The summed E-state index contributed by atoms with van der Waals surface area (Å²) in [5.41, 5.74) is 0.319. The molecule has 0 aliphatic carbocycles. The molecule has 3 aromatic carbocycles. The molecular weight excluding hydrogens is 395 g/mol. The molecule has 1 aliphatic rings. The lowest BCUT2D eigenvalue weighted by Gasteiger charge is -2.25. The van der Waals surface area contributed by atoms with Crippen LogP contribution in [0.3, 0.4) is 0 Å². The summed E-state index contributed by atoms with van der Waals surface area (Å²) in [5.74, 6) is -0.699. The smallest absolute Gasteiger partial charge is 0.419 e. The first kappa shape index (κ1) is 20.0. The topological polar surface area (TPSA) is 42.1 Å². The van der Waals surface area contributed by atoms with Crippen LogP contribution in [0.1, 0.15) is 15.9 Å². The molecule has 1 saturated heterocycles. The highest BCUT2D eigenvalue weighted by Gasteiger charge is 2.36. The van der Waals surface area contributed by atoms with Crippen molar-refractivity contribution in [2.75, 3.05) is 18.1 Å². The molecular formula is C23H18F3NO3. The SMILES string of the molecule is O=C(c1ccccc1)N(c1ccccc1)c1ccc(C(F)(F)F)c(OCC2CO2)c1. The number of para-hydroxylation sites is 1. The van der Waals surface area contributed by atoms with Crippen molar-refractivity contribution in [2.45, 2.75) is 12.3 Å². The molecule has 1 aliphatic heterocycles. The summed E-state index contributed by atoms with van der Waals surface area (Å²) in [4.78, 5) is 14.6. The van der Waals surface area contributed by atoms with Gasteiger partial charge >= 0.3 is 6.18 Å². The molecule has 154 valence electrons. The Kier molecular flexibility index (Phi) is 5.46. The van der Waals surface area contributed by atoms with Gasteiger partial charge in [-0.2, -0.15) is 13.2 Å². The monoisotopic (exact) mass is 413 g/mol. The van der Waals surface area contributed by atoms with Crippen molar-refractivity contribution in [3.05, 3.63) is 90.0 Å². The highest BCUT2D eigenvalue weighted by atomic mass is 19.4. The quantitative estimate of drug-likeness (QED) is 0.504. The Morgan fingerprint density at radius 2 is 1.60 bits per heavy atom. The van der Waals surface area contributed by atoms with E-state index in [1.807, 2.05) is 0 Å². The number of hydrogen-bond donors (Lipinski definition) is 0. The van der Waals surface area contributed by atoms with Crippen molar-refractivity contribution in [1.82, 2.24) is 0 Å².